The molecule has 0 aromatic rings. The highest BCUT2D eigenvalue weighted by molar-refractivity contribution is 5.70. The Balaban J connectivity index is 1.88. The molecule has 0 aromatic carbocycles. The van der Waals surface area contributed by atoms with Crippen LogP contribution in [0.1, 0.15) is 123 Å². The number of hydrogen-bond acceptors (Lipinski definition) is 4. The fourth-order valence-corrected chi connectivity index (χ4v) is 3.89. The van der Waals surface area contributed by atoms with Crippen LogP contribution in [-0.4, -0.2) is 24.6 Å². The largest absolute Gasteiger partial charge is 0.466 e. The van der Waals surface area contributed by atoms with E-state index in [-0.39, 0.29) is 18.0 Å². The van der Waals surface area contributed by atoms with E-state index in [0.717, 1.165) is 32.1 Å². The molecular weight excluding hydrogens is 352 g/mol. The predicted molar refractivity (Wildman–Crippen MR) is 114 cm³/mol. The zero-order chi connectivity index (χ0) is 20.5. The molecule has 0 heterocycles. The molecule has 0 saturated heterocycles. The van der Waals surface area contributed by atoms with Gasteiger partial charge < -0.3 is 9.47 Å². The predicted octanol–water partition coefficient (Wildman–Crippen LogP) is 6.74. The smallest absolute Gasteiger partial charge is 0.306 e. The first-order valence-corrected chi connectivity index (χ1v) is 12.0. The number of carbonyl (C=O) groups excluding carboxylic acids is 2. The van der Waals surface area contributed by atoms with Gasteiger partial charge in [0.2, 0.25) is 0 Å². The van der Waals surface area contributed by atoms with E-state index in [1.54, 1.807) is 0 Å². The van der Waals surface area contributed by atoms with Gasteiger partial charge in [-0.3, -0.25) is 9.59 Å². The summed E-state index contributed by atoms with van der Waals surface area (Å²) < 4.78 is 10.9. The monoisotopic (exact) mass is 396 g/mol. The van der Waals surface area contributed by atoms with Gasteiger partial charge in [-0.15, -0.1) is 0 Å². The third-order valence-corrected chi connectivity index (χ3v) is 5.84. The highest BCUT2D eigenvalue weighted by Crippen LogP contribution is 2.26. The Labute approximate surface area is 173 Å². The molecule has 1 aliphatic rings. The third kappa shape index (κ3) is 13.2. The molecule has 164 valence electrons. The standard InChI is InChI=1S/C24H44O4/c1-3-4-5-6-7-8-9-10-15-20-27-23(25)18-13-14-19-24(26)28-22-17-12-11-16-21(22)2/h21-22H,3-20H2,1-2H3. The number of hydrogen-bond donors (Lipinski definition) is 0. The van der Waals surface area contributed by atoms with Gasteiger partial charge in [0.1, 0.15) is 6.10 Å². The Morgan fingerprint density at radius 1 is 0.750 bits per heavy atom. The Hall–Kier alpha value is -1.06. The average molecular weight is 397 g/mol. The van der Waals surface area contributed by atoms with Crippen molar-refractivity contribution >= 4 is 11.9 Å². The van der Waals surface area contributed by atoms with Crippen LogP contribution in [0.3, 0.4) is 0 Å². The minimum absolute atomic E-state index is 0.0996. The van der Waals surface area contributed by atoms with Crippen LogP contribution >= 0.6 is 0 Å². The number of carbonyl (C=O) groups is 2. The van der Waals surface area contributed by atoms with Gasteiger partial charge in [0.05, 0.1) is 6.61 Å². The first-order valence-electron chi connectivity index (χ1n) is 12.0. The van der Waals surface area contributed by atoms with E-state index in [2.05, 4.69) is 13.8 Å². The lowest BCUT2D eigenvalue weighted by Gasteiger charge is -2.28. The maximum atomic E-state index is 11.9. The zero-order valence-electron chi connectivity index (χ0n) is 18.5. The summed E-state index contributed by atoms with van der Waals surface area (Å²) >= 11 is 0. The summed E-state index contributed by atoms with van der Waals surface area (Å²) in [6, 6.07) is 0. The van der Waals surface area contributed by atoms with Crippen molar-refractivity contribution in [1.29, 1.82) is 0 Å². The molecule has 4 heteroatoms. The molecule has 0 aliphatic heterocycles. The number of ether oxygens (including phenoxy) is 2. The van der Waals surface area contributed by atoms with Crippen LogP contribution in [0.2, 0.25) is 0 Å². The molecule has 2 atom stereocenters. The Morgan fingerprint density at radius 3 is 1.96 bits per heavy atom. The fraction of sp³-hybridized carbons (Fsp3) is 0.917. The Bertz CT molecular complexity index is 407. The molecule has 1 rings (SSSR count). The fourth-order valence-electron chi connectivity index (χ4n) is 3.89. The van der Waals surface area contributed by atoms with Crippen molar-refractivity contribution in [2.45, 2.75) is 129 Å². The van der Waals surface area contributed by atoms with Crippen LogP contribution in [0, 0.1) is 5.92 Å². The van der Waals surface area contributed by atoms with Crippen LogP contribution in [0.4, 0.5) is 0 Å². The summed E-state index contributed by atoms with van der Waals surface area (Å²) in [5, 5.41) is 0. The Kier molecular flexibility index (Phi) is 15.0. The number of esters is 2. The van der Waals surface area contributed by atoms with Crippen LogP contribution < -0.4 is 0 Å². The van der Waals surface area contributed by atoms with E-state index in [1.807, 2.05) is 0 Å². The first kappa shape index (κ1) is 25.0. The summed E-state index contributed by atoms with van der Waals surface area (Å²) in [6.45, 7) is 4.95. The van der Waals surface area contributed by atoms with Crippen LogP contribution in [-0.2, 0) is 19.1 Å². The Morgan fingerprint density at radius 2 is 1.32 bits per heavy atom. The van der Waals surface area contributed by atoms with Gasteiger partial charge in [0, 0.05) is 12.8 Å². The minimum atomic E-state index is -0.131. The molecule has 1 saturated carbocycles. The highest BCUT2D eigenvalue weighted by Gasteiger charge is 2.24. The van der Waals surface area contributed by atoms with Crippen molar-refractivity contribution < 1.29 is 19.1 Å². The number of rotatable bonds is 16. The summed E-state index contributed by atoms with van der Waals surface area (Å²) in [4.78, 5) is 23.7. The average Bonchev–Trinajstić information content (AvgIpc) is 2.68. The van der Waals surface area contributed by atoms with E-state index in [4.69, 9.17) is 9.47 Å². The molecule has 1 aliphatic carbocycles. The molecule has 0 N–H and O–H groups in total. The molecule has 1 fully saturated rings. The van der Waals surface area contributed by atoms with Crippen LogP contribution in [0.5, 0.6) is 0 Å². The quantitative estimate of drug-likeness (QED) is 0.214. The van der Waals surface area contributed by atoms with Crippen molar-refractivity contribution in [1.82, 2.24) is 0 Å². The summed E-state index contributed by atoms with van der Waals surface area (Å²) in [6.07, 6.45) is 18.2. The van der Waals surface area contributed by atoms with Crippen molar-refractivity contribution in [3.8, 4) is 0 Å². The second kappa shape index (κ2) is 16.9. The molecule has 0 radical (unpaired) electrons. The second-order valence-corrected chi connectivity index (χ2v) is 8.55. The molecular formula is C24H44O4. The highest BCUT2D eigenvalue weighted by atomic mass is 16.5. The molecule has 0 amide bonds. The summed E-state index contributed by atoms with van der Waals surface area (Å²) in [7, 11) is 0. The van der Waals surface area contributed by atoms with E-state index in [1.165, 1.54) is 51.4 Å². The van der Waals surface area contributed by atoms with Crippen LogP contribution in [0.15, 0.2) is 0 Å². The van der Waals surface area contributed by atoms with E-state index in [9.17, 15) is 9.59 Å². The normalized spacial score (nSPS) is 19.4. The number of unbranched alkanes of at least 4 members (excludes halogenated alkanes) is 9. The van der Waals surface area contributed by atoms with Crippen LogP contribution in [0.25, 0.3) is 0 Å². The lowest BCUT2D eigenvalue weighted by molar-refractivity contribution is -0.153. The van der Waals surface area contributed by atoms with Gasteiger partial charge in [0.25, 0.3) is 0 Å². The van der Waals surface area contributed by atoms with Crippen molar-refractivity contribution in [3.63, 3.8) is 0 Å². The summed E-state index contributed by atoms with van der Waals surface area (Å²) in [5.74, 6) is 0.240. The summed E-state index contributed by atoms with van der Waals surface area (Å²) in [5.41, 5.74) is 0. The molecule has 0 bridgehead atoms. The molecule has 28 heavy (non-hydrogen) atoms. The van der Waals surface area contributed by atoms with E-state index < -0.39 is 0 Å². The van der Waals surface area contributed by atoms with Gasteiger partial charge in [-0.05, 0) is 44.4 Å². The second-order valence-electron chi connectivity index (χ2n) is 8.55. The zero-order valence-corrected chi connectivity index (χ0v) is 18.5. The van der Waals surface area contributed by atoms with E-state index >= 15 is 0 Å². The third-order valence-electron chi connectivity index (χ3n) is 5.84. The molecule has 2 unspecified atom stereocenters. The van der Waals surface area contributed by atoms with Gasteiger partial charge in [-0.2, -0.15) is 0 Å². The van der Waals surface area contributed by atoms with Gasteiger partial charge in [0.15, 0.2) is 0 Å². The lowest BCUT2D eigenvalue weighted by atomic mass is 9.88. The SMILES string of the molecule is CCCCCCCCCCCOC(=O)CCCCC(=O)OC1CCCCC1C. The van der Waals surface area contributed by atoms with Gasteiger partial charge in [-0.1, -0.05) is 71.6 Å². The first-order chi connectivity index (χ1) is 13.6. The lowest BCUT2D eigenvalue weighted by Crippen LogP contribution is -2.28. The molecule has 4 nitrogen and oxygen atoms in total. The van der Waals surface area contributed by atoms with Crippen molar-refractivity contribution in [2.75, 3.05) is 6.61 Å². The molecule has 0 spiro atoms. The van der Waals surface area contributed by atoms with E-state index in [0.29, 0.717) is 38.2 Å². The maximum absolute atomic E-state index is 11.9. The van der Waals surface area contributed by atoms with Crippen molar-refractivity contribution in [3.05, 3.63) is 0 Å². The van der Waals surface area contributed by atoms with Crippen molar-refractivity contribution in [2.24, 2.45) is 5.92 Å². The maximum Gasteiger partial charge on any atom is 0.306 e. The topological polar surface area (TPSA) is 52.6 Å². The minimum Gasteiger partial charge on any atom is -0.466 e. The van der Waals surface area contributed by atoms with Gasteiger partial charge >= 0.3 is 11.9 Å². The molecule has 0 aromatic heterocycles. The van der Waals surface area contributed by atoms with Gasteiger partial charge in [-0.25, -0.2) is 0 Å².